The first-order valence-corrected chi connectivity index (χ1v) is 4.31. The van der Waals surface area contributed by atoms with Gasteiger partial charge < -0.3 is 9.30 Å². The lowest BCUT2D eigenvalue weighted by atomic mass is 10.4. The van der Waals surface area contributed by atoms with Crippen LogP contribution < -0.4 is 0 Å². The van der Waals surface area contributed by atoms with Gasteiger partial charge in [0.2, 0.25) is 0 Å². The Kier molecular flexibility index (Phi) is 3.06. The van der Waals surface area contributed by atoms with Gasteiger partial charge in [0.1, 0.15) is 11.5 Å². The molecule has 72 valence electrons. The van der Waals surface area contributed by atoms with Gasteiger partial charge in [-0.15, -0.1) is 0 Å². The highest BCUT2D eigenvalue weighted by atomic mass is 16.5. The molecule has 1 aromatic rings. The maximum atomic E-state index is 11.2. The van der Waals surface area contributed by atoms with Crippen molar-refractivity contribution in [2.24, 2.45) is 0 Å². The van der Waals surface area contributed by atoms with Crippen molar-refractivity contribution in [3.8, 4) is 0 Å². The number of carbonyl (C=O) groups excluding carboxylic acids is 1. The number of aromatic nitrogens is 2. The van der Waals surface area contributed by atoms with Gasteiger partial charge in [0.15, 0.2) is 0 Å². The van der Waals surface area contributed by atoms with Gasteiger partial charge in [-0.05, 0) is 13.3 Å². The second kappa shape index (κ2) is 4.07. The SMILES string of the molecule is CCCn1c(C(=O)OC)cnc1C. The number of ether oxygens (including phenoxy) is 1. The van der Waals surface area contributed by atoms with Crippen LogP contribution in [-0.4, -0.2) is 22.6 Å². The van der Waals surface area contributed by atoms with E-state index in [9.17, 15) is 4.79 Å². The molecule has 0 saturated carbocycles. The van der Waals surface area contributed by atoms with Crippen LogP contribution in [0.25, 0.3) is 0 Å². The summed E-state index contributed by atoms with van der Waals surface area (Å²) in [7, 11) is 1.38. The van der Waals surface area contributed by atoms with Crippen LogP contribution in [0.3, 0.4) is 0 Å². The van der Waals surface area contributed by atoms with Crippen molar-refractivity contribution in [1.29, 1.82) is 0 Å². The van der Waals surface area contributed by atoms with Crippen LogP contribution in [0, 0.1) is 6.92 Å². The van der Waals surface area contributed by atoms with Gasteiger partial charge in [-0.1, -0.05) is 6.92 Å². The highest BCUT2D eigenvalue weighted by Crippen LogP contribution is 2.06. The van der Waals surface area contributed by atoms with E-state index in [1.165, 1.54) is 7.11 Å². The Morgan fingerprint density at radius 2 is 2.38 bits per heavy atom. The third-order valence-electron chi connectivity index (χ3n) is 1.90. The molecule has 0 aliphatic heterocycles. The fourth-order valence-electron chi connectivity index (χ4n) is 1.24. The van der Waals surface area contributed by atoms with Crippen LogP contribution >= 0.6 is 0 Å². The second-order valence-corrected chi connectivity index (χ2v) is 2.83. The molecule has 0 bridgehead atoms. The van der Waals surface area contributed by atoms with Gasteiger partial charge in [-0.3, -0.25) is 0 Å². The molecule has 0 fully saturated rings. The van der Waals surface area contributed by atoms with E-state index in [1.54, 1.807) is 6.20 Å². The van der Waals surface area contributed by atoms with Gasteiger partial charge in [0.05, 0.1) is 13.3 Å². The minimum Gasteiger partial charge on any atom is -0.464 e. The summed E-state index contributed by atoms with van der Waals surface area (Å²) >= 11 is 0. The van der Waals surface area contributed by atoms with Crippen LogP contribution in [0.15, 0.2) is 6.20 Å². The molecule has 0 amide bonds. The molecule has 0 aliphatic rings. The highest BCUT2D eigenvalue weighted by Gasteiger charge is 2.13. The van der Waals surface area contributed by atoms with E-state index in [-0.39, 0.29) is 5.97 Å². The molecule has 0 N–H and O–H groups in total. The summed E-state index contributed by atoms with van der Waals surface area (Å²) in [4.78, 5) is 15.3. The zero-order valence-electron chi connectivity index (χ0n) is 8.20. The number of hydrogen-bond donors (Lipinski definition) is 0. The first-order valence-electron chi connectivity index (χ1n) is 4.31. The van der Waals surface area contributed by atoms with E-state index >= 15 is 0 Å². The van der Waals surface area contributed by atoms with Crippen LogP contribution in [0.1, 0.15) is 29.7 Å². The fraction of sp³-hybridized carbons (Fsp3) is 0.556. The largest absolute Gasteiger partial charge is 0.464 e. The maximum Gasteiger partial charge on any atom is 0.356 e. The summed E-state index contributed by atoms with van der Waals surface area (Å²) in [6.45, 7) is 4.73. The van der Waals surface area contributed by atoms with E-state index in [4.69, 9.17) is 0 Å². The zero-order chi connectivity index (χ0) is 9.84. The molecule has 0 saturated heterocycles. The predicted octanol–water partition coefficient (Wildman–Crippen LogP) is 1.39. The summed E-state index contributed by atoms with van der Waals surface area (Å²) < 4.78 is 6.50. The van der Waals surface area contributed by atoms with E-state index < -0.39 is 0 Å². The number of carbonyl (C=O) groups is 1. The maximum absolute atomic E-state index is 11.2. The van der Waals surface area contributed by atoms with Crippen molar-refractivity contribution in [2.75, 3.05) is 7.11 Å². The molecule has 4 heteroatoms. The summed E-state index contributed by atoms with van der Waals surface area (Å²) in [5.41, 5.74) is 0.529. The van der Waals surface area contributed by atoms with Crippen LogP contribution in [0.5, 0.6) is 0 Å². The zero-order valence-corrected chi connectivity index (χ0v) is 8.20. The average molecular weight is 182 g/mol. The van der Waals surface area contributed by atoms with Gasteiger partial charge in [-0.2, -0.15) is 0 Å². The van der Waals surface area contributed by atoms with Gasteiger partial charge in [0.25, 0.3) is 0 Å². The smallest absolute Gasteiger partial charge is 0.356 e. The molecule has 1 aromatic heterocycles. The minimum absolute atomic E-state index is 0.325. The third kappa shape index (κ3) is 1.88. The molecule has 0 unspecified atom stereocenters. The molecule has 4 nitrogen and oxygen atoms in total. The van der Waals surface area contributed by atoms with E-state index in [1.807, 2.05) is 11.5 Å². The first kappa shape index (κ1) is 9.77. The number of rotatable bonds is 3. The van der Waals surface area contributed by atoms with Crippen molar-refractivity contribution in [3.63, 3.8) is 0 Å². The molecule has 0 aliphatic carbocycles. The average Bonchev–Trinajstić information content (AvgIpc) is 2.48. The molecule has 0 spiro atoms. The Morgan fingerprint density at radius 1 is 1.69 bits per heavy atom. The Morgan fingerprint density at radius 3 is 2.92 bits per heavy atom. The summed E-state index contributed by atoms with van der Waals surface area (Å²) in [6, 6.07) is 0. The van der Waals surface area contributed by atoms with Crippen molar-refractivity contribution >= 4 is 5.97 Å². The lowest BCUT2D eigenvalue weighted by Gasteiger charge is -2.06. The van der Waals surface area contributed by atoms with E-state index in [0.29, 0.717) is 5.69 Å². The lowest BCUT2D eigenvalue weighted by molar-refractivity contribution is 0.0588. The molecule has 1 rings (SSSR count). The van der Waals surface area contributed by atoms with Crippen LogP contribution in [-0.2, 0) is 11.3 Å². The second-order valence-electron chi connectivity index (χ2n) is 2.83. The summed E-state index contributed by atoms with van der Waals surface area (Å²) in [6.07, 6.45) is 2.53. The number of hydrogen-bond acceptors (Lipinski definition) is 3. The Balaban J connectivity index is 2.99. The van der Waals surface area contributed by atoms with Crippen molar-refractivity contribution in [1.82, 2.24) is 9.55 Å². The quantitative estimate of drug-likeness (QED) is 0.663. The predicted molar refractivity (Wildman–Crippen MR) is 48.6 cm³/mol. The number of imidazole rings is 1. The van der Waals surface area contributed by atoms with Crippen molar-refractivity contribution in [3.05, 3.63) is 17.7 Å². The molecular weight excluding hydrogens is 168 g/mol. The Labute approximate surface area is 77.5 Å². The van der Waals surface area contributed by atoms with Crippen LogP contribution in [0.4, 0.5) is 0 Å². The number of nitrogens with zero attached hydrogens (tertiary/aromatic N) is 2. The van der Waals surface area contributed by atoms with Gasteiger partial charge in [0, 0.05) is 6.54 Å². The monoisotopic (exact) mass is 182 g/mol. The topological polar surface area (TPSA) is 44.1 Å². The molecular formula is C9H14N2O2. The van der Waals surface area contributed by atoms with Gasteiger partial charge in [-0.25, -0.2) is 9.78 Å². The number of aryl methyl sites for hydroxylation is 1. The third-order valence-corrected chi connectivity index (χ3v) is 1.90. The first-order chi connectivity index (χ1) is 6.20. The lowest BCUT2D eigenvalue weighted by Crippen LogP contribution is -2.11. The van der Waals surface area contributed by atoms with Crippen molar-refractivity contribution < 1.29 is 9.53 Å². The van der Waals surface area contributed by atoms with Crippen molar-refractivity contribution in [2.45, 2.75) is 26.8 Å². The standard InChI is InChI=1S/C9H14N2O2/c1-4-5-11-7(2)10-6-8(11)9(12)13-3/h6H,4-5H2,1-3H3. The molecule has 1 heterocycles. The summed E-state index contributed by atoms with van der Waals surface area (Å²) in [5, 5.41) is 0. The number of methoxy groups -OCH3 is 1. The molecule has 0 atom stereocenters. The van der Waals surface area contributed by atoms with Gasteiger partial charge >= 0.3 is 5.97 Å². The van der Waals surface area contributed by atoms with Crippen LogP contribution in [0.2, 0.25) is 0 Å². The summed E-state index contributed by atoms with van der Waals surface area (Å²) in [5.74, 6) is 0.524. The highest BCUT2D eigenvalue weighted by molar-refractivity contribution is 5.87. The molecule has 0 aromatic carbocycles. The molecule has 0 radical (unpaired) electrons. The van der Waals surface area contributed by atoms with E-state index in [2.05, 4.69) is 16.6 Å². The Bertz CT molecular complexity index is 305. The molecule has 13 heavy (non-hydrogen) atoms. The normalized spacial score (nSPS) is 10.1. The number of esters is 1. The van der Waals surface area contributed by atoms with E-state index in [0.717, 1.165) is 18.8 Å². The fourth-order valence-corrected chi connectivity index (χ4v) is 1.24. The Hall–Kier alpha value is -1.32. The minimum atomic E-state index is -0.325.